The Morgan fingerprint density at radius 3 is 2.11 bits per heavy atom. The van der Waals surface area contributed by atoms with E-state index in [2.05, 4.69) is 5.32 Å². The number of carbonyl (C=O) groups excluding carboxylic acids is 2. The van der Waals surface area contributed by atoms with Gasteiger partial charge in [-0.1, -0.05) is 85.3 Å². The van der Waals surface area contributed by atoms with E-state index in [-0.39, 0.29) is 18.9 Å². The molecule has 0 fully saturated rings. The summed E-state index contributed by atoms with van der Waals surface area (Å²) in [5.41, 5.74) is 2.77. The summed E-state index contributed by atoms with van der Waals surface area (Å²) in [4.78, 5) is 28.8. The molecular weight excluding hydrogens is 522 g/mol. The van der Waals surface area contributed by atoms with E-state index in [4.69, 9.17) is 11.6 Å². The molecule has 0 saturated heterocycles. The normalized spacial score (nSPS) is 12.0. The summed E-state index contributed by atoms with van der Waals surface area (Å²) >= 11 is 6.45. The maximum Gasteiger partial charge on any atom is 0.244 e. The highest BCUT2D eigenvalue weighted by Crippen LogP contribution is 2.25. The van der Waals surface area contributed by atoms with E-state index in [1.165, 1.54) is 4.90 Å². The first kappa shape index (κ1) is 29.2. The van der Waals surface area contributed by atoms with Crippen molar-refractivity contribution in [1.29, 1.82) is 0 Å². The first-order chi connectivity index (χ1) is 18.2. The fraction of sp³-hybridized carbons (Fsp3) is 0.310. The number of hydrogen-bond donors (Lipinski definition) is 1. The van der Waals surface area contributed by atoms with Crippen molar-refractivity contribution in [1.82, 2.24) is 10.2 Å². The Bertz CT molecular complexity index is 1350. The summed E-state index contributed by atoms with van der Waals surface area (Å²) in [5.74, 6) is -0.829. The number of nitrogens with one attached hydrogen (secondary N) is 1. The molecule has 7 nitrogen and oxygen atoms in total. The van der Waals surface area contributed by atoms with E-state index in [0.717, 1.165) is 21.7 Å². The monoisotopic (exact) mass is 555 g/mol. The number of para-hydroxylation sites is 1. The lowest BCUT2D eigenvalue weighted by molar-refractivity contribution is -0.140. The predicted octanol–water partition coefficient (Wildman–Crippen LogP) is 4.44. The van der Waals surface area contributed by atoms with Gasteiger partial charge in [0.1, 0.15) is 12.6 Å². The summed E-state index contributed by atoms with van der Waals surface area (Å²) in [6.45, 7) is 3.71. The van der Waals surface area contributed by atoms with E-state index in [1.807, 2.05) is 62.4 Å². The van der Waals surface area contributed by atoms with Crippen LogP contribution in [-0.4, -0.2) is 50.5 Å². The maximum absolute atomic E-state index is 14.0. The third-order valence-corrected chi connectivity index (χ3v) is 7.74. The van der Waals surface area contributed by atoms with Crippen LogP contribution in [0, 0.1) is 0 Å². The number of rotatable bonds is 12. The molecule has 9 heteroatoms. The molecule has 202 valence electrons. The Labute approximate surface area is 230 Å². The molecule has 38 heavy (non-hydrogen) atoms. The van der Waals surface area contributed by atoms with Gasteiger partial charge in [0.05, 0.1) is 11.9 Å². The average Bonchev–Trinajstić information content (AvgIpc) is 2.90. The van der Waals surface area contributed by atoms with Gasteiger partial charge >= 0.3 is 0 Å². The van der Waals surface area contributed by atoms with E-state index < -0.39 is 28.5 Å². The van der Waals surface area contributed by atoms with Gasteiger partial charge in [-0.3, -0.25) is 13.9 Å². The van der Waals surface area contributed by atoms with Crippen molar-refractivity contribution in [3.05, 3.63) is 101 Å². The molecule has 0 aliphatic rings. The largest absolute Gasteiger partial charge is 0.355 e. The molecule has 1 atom stereocenters. The lowest BCUT2D eigenvalue weighted by Gasteiger charge is -2.34. The molecule has 0 aromatic heterocycles. The summed E-state index contributed by atoms with van der Waals surface area (Å²) < 4.78 is 27.0. The molecular formula is C29H34ClN3O4S. The first-order valence-electron chi connectivity index (χ1n) is 12.6. The number of carbonyl (C=O) groups is 2. The van der Waals surface area contributed by atoms with Gasteiger partial charge in [-0.15, -0.1) is 0 Å². The number of hydrogen-bond acceptors (Lipinski definition) is 4. The van der Waals surface area contributed by atoms with Crippen molar-refractivity contribution in [2.45, 2.75) is 39.3 Å². The topological polar surface area (TPSA) is 86.8 Å². The van der Waals surface area contributed by atoms with Gasteiger partial charge in [0.15, 0.2) is 0 Å². The van der Waals surface area contributed by atoms with Crippen LogP contribution in [-0.2, 0) is 39.0 Å². The lowest BCUT2D eigenvalue weighted by Crippen LogP contribution is -2.53. The van der Waals surface area contributed by atoms with Crippen LogP contribution in [0.4, 0.5) is 5.69 Å². The van der Waals surface area contributed by atoms with Crippen LogP contribution in [0.2, 0.25) is 5.02 Å². The van der Waals surface area contributed by atoms with Crippen LogP contribution in [0.3, 0.4) is 0 Å². The fourth-order valence-corrected chi connectivity index (χ4v) is 5.38. The molecule has 3 aromatic rings. The minimum absolute atomic E-state index is 0.0418. The number of nitrogens with zero attached hydrogens (tertiary/aromatic N) is 2. The van der Waals surface area contributed by atoms with Crippen LogP contribution in [0.1, 0.15) is 30.5 Å². The minimum atomic E-state index is -3.82. The van der Waals surface area contributed by atoms with Gasteiger partial charge in [0.25, 0.3) is 0 Å². The van der Waals surface area contributed by atoms with E-state index in [9.17, 15) is 18.0 Å². The summed E-state index contributed by atoms with van der Waals surface area (Å²) in [7, 11) is -3.82. The van der Waals surface area contributed by atoms with Crippen LogP contribution in [0.15, 0.2) is 78.9 Å². The first-order valence-corrected chi connectivity index (χ1v) is 14.8. The second kappa shape index (κ2) is 13.4. The van der Waals surface area contributed by atoms with Crippen molar-refractivity contribution < 1.29 is 18.0 Å². The number of aryl methyl sites for hydroxylation is 1. The molecule has 3 aromatic carbocycles. The van der Waals surface area contributed by atoms with Crippen LogP contribution < -0.4 is 9.62 Å². The molecule has 0 aliphatic carbocycles. The van der Waals surface area contributed by atoms with Crippen LogP contribution in [0.5, 0.6) is 0 Å². The third-order valence-electron chi connectivity index (χ3n) is 6.24. The summed E-state index contributed by atoms with van der Waals surface area (Å²) in [6, 6.07) is 22.7. The predicted molar refractivity (Wildman–Crippen MR) is 153 cm³/mol. The van der Waals surface area contributed by atoms with Gasteiger partial charge in [-0.25, -0.2) is 8.42 Å². The number of sulfonamides is 1. The van der Waals surface area contributed by atoms with Crippen LogP contribution in [0.25, 0.3) is 0 Å². The summed E-state index contributed by atoms with van der Waals surface area (Å²) in [6.07, 6.45) is 1.93. The summed E-state index contributed by atoms with van der Waals surface area (Å²) in [5, 5.41) is 3.29. The zero-order chi connectivity index (χ0) is 27.7. The van der Waals surface area contributed by atoms with Gasteiger partial charge in [-0.2, -0.15) is 0 Å². The van der Waals surface area contributed by atoms with Gasteiger partial charge in [0, 0.05) is 24.5 Å². The molecule has 0 unspecified atom stereocenters. The lowest BCUT2D eigenvalue weighted by atomic mass is 10.0. The van der Waals surface area contributed by atoms with Gasteiger partial charge in [0.2, 0.25) is 21.8 Å². The molecule has 0 radical (unpaired) electrons. The smallest absolute Gasteiger partial charge is 0.244 e. The highest BCUT2D eigenvalue weighted by Gasteiger charge is 2.33. The molecule has 0 bridgehead atoms. The van der Waals surface area contributed by atoms with Gasteiger partial charge in [-0.05, 0) is 42.2 Å². The van der Waals surface area contributed by atoms with E-state index >= 15 is 0 Å². The highest BCUT2D eigenvalue weighted by atomic mass is 35.5. The SMILES string of the molecule is CCNC(=O)[C@H](Cc1ccccc1)N(Cc1ccccc1Cl)C(=O)CN(c1ccccc1CC)S(C)(=O)=O. The molecule has 3 rings (SSSR count). The van der Waals surface area contributed by atoms with Crippen molar-refractivity contribution in [3.63, 3.8) is 0 Å². The van der Waals surface area contributed by atoms with Crippen molar-refractivity contribution in [2.75, 3.05) is 23.7 Å². The number of benzene rings is 3. The van der Waals surface area contributed by atoms with Gasteiger partial charge < -0.3 is 10.2 Å². The zero-order valence-corrected chi connectivity index (χ0v) is 23.5. The van der Waals surface area contributed by atoms with Crippen LogP contribution >= 0.6 is 11.6 Å². The molecule has 2 amide bonds. The molecule has 0 aliphatic heterocycles. The molecule has 0 saturated carbocycles. The molecule has 1 N–H and O–H groups in total. The third kappa shape index (κ3) is 7.58. The number of likely N-dealkylation sites (N-methyl/N-ethyl adjacent to an activating group) is 1. The molecule has 0 spiro atoms. The van der Waals surface area contributed by atoms with Crippen molar-refractivity contribution in [3.8, 4) is 0 Å². The Morgan fingerprint density at radius 1 is 0.895 bits per heavy atom. The van der Waals surface area contributed by atoms with Crippen molar-refractivity contribution in [2.24, 2.45) is 0 Å². The number of halogens is 1. The Morgan fingerprint density at radius 2 is 1.50 bits per heavy atom. The number of anilines is 1. The Hall–Kier alpha value is -3.36. The quantitative estimate of drug-likeness (QED) is 0.358. The van der Waals surface area contributed by atoms with E-state index in [1.54, 1.807) is 30.3 Å². The second-order valence-corrected chi connectivity index (χ2v) is 11.3. The minimum Gasteiger partial charge on any atom is -0.355 e. The zero-order valence-electron chi connectivity index (χ0n) is 21.9. The standard InChI is InChI=1S/C29H34ClN3O4S/c1-4-23-15-10-12-18-26(23)33(38(3,36)37)21-28(34)32(20-24-16-9-11-17-25(24)30)27(29(35)31-5-2)19-22-13-7-6-8-14-22/h6-18,27H,4-5,19-21H2,1-3H3,(H,31,35)/t27-/m0/s1. The Balaban J connectivity index is 2.07. The average molecular weight is 556 g/mol. The van der Waals surface area contributed by atoms with E-state index in [0.29, 0.717) is 29.2 Å². The highest BCUT2D eigenvalue weighted by molar-refractivity contribution is 7.92. The number of amides is 2. The maximum atomic E-state index is 14.0. The second-order valence-electron chi connectivity index (χ2n) is 8.97. The Kier molecular flexibility index (Phi) is 10.3. The molecule has 0 heterocycles. The van der Waals surface area contributed by atoms with Crippen molar-refractivity contribution >= 4 is 39.1 Å². The fourth-order valence-electron chi connectivity index (χ4n) is 4.30.